The molecule has 2 aliphatic heterocycles. The normalized spacial score (nSPS) is 24.8. The minimum Gasteiger partial charge on any atom is -0.481 e. The largest absolute Gasteiger partial charge is 0.481 e. The van der Waals surface area contributed by atoms with Crippen molar-refractivity contribution in [3.8, 4) is 0 Å². The summed E-state index contributed by atoms with van der Waals surface area (Å²) < 4.78 is 5.35. The fourth-order valence-electron chi connectivity index (χ4n) is 3.18. The molecule has 0 saturated carbocycles. The van der Waals surface area contributed by atoms with Crippen molar-refractivity contribution in [1.29, 1.82) is 0 Å². The van der Waals surface area contributed by atoms with Gasteiger partial charge in [0, 0.05) is 19.1 Å². The van der Waals surface area contributed by atoms with Crippen LogP contribution in [0.1, 0.15) is 18.4 Å². The molecule has 2 fully saturated rings. The number of piperidine rings is 1. The van der Waals surface area contributed by atoms with E-state index < -0.39 is 18.0 Å². The van der Waals surface area contributed by atoms with Crippen LogP contribution in [0.2, 0.25) is 0 Å². The monoisotopic (exact) mass is 318 g/mol. The Labute approximate surface area is 135 Å². The molecule has 0 aromatic heterocycles. The summed E-state index contributed by atoms with van der Waals surface area (Å²) in [5.74, 6) is -1.35. The minimum absolute atomic E-state index is 0.128. The standard InChI is InChI=1S/C17H22N2O4/c20-16(21)14-9-15(18-7-4-8-18)11-19(10-14)17(22)23-12-13-5-2-1-3-6-13/h1-3,5-6,14-15H,4,7-12H2,(H,20,21)/t14-,15-/m0/s1. The van der Waals surface area contributed by atoms with Crippen LogP contribution in [0.4, 0.5) is 4.79 Å². The number of hydrogen-bond acceptors (Lipinski definition) is 4. The number of carboxylic acid groups (broad SMARTS) is 1. The van der Waals surface area contributed by atoms with E-state index >= 15 is 0 Å². The quantitative estimate of drug-likeness (QED) is 0.917. The first kappa shape index (κ1) is 15.8. The molecule has 124 valence electrons. The average Bonchev–Trinajstić information content (AvgIpc) is 2.51. The van der Waals surface area contributed by atoms with E-state index in [1.54, 1.807) is 4.90 Å². The number of amides is 1. The van der Waals surface area contributed by atoms with Crippen molar-refractivity contribution in [2.45, 2.75) is 25.5 Å². The highest BCUT2D eigenvalue weighted by molar-refractivity contribution is 5.73. The van der Waals surface area contributed by atoms with Gasteiger partial charge in [0.25, 0.3) is 0 Å². The Kier molecular flexibility index (Phi) is 4.81. The van der Waals surface area contributed by atoms with Crippen molar-refractivity contribution >= 4 is 12.1 Å². The van der Waals surface area contributed by atoms with Crippen LogP contribution in [0.3, 0.4) is 0 Å². The van der Waals surface area contributed by atoms with Gasteiger partial charge in [-0.1, -0.05) is 30.3 Å². The maximum atomic E-state index is 12.3. The maximum absolute atomic E-state index is 12.3. The third-order valence-electron chi connectivity index (χ3n) is 4.65. The maximum Gasteiger partial charge on any atom is 0.410 e. The molecule has 0 aliphatic carbocycles. The molecule has 0 radical (unpaired) electrons. The molecular weight excluding hydrogens is 296 g/mol. The molecule has 1 N–H and O–H groups in total. The van der Waals surface area contributed by atoms with E-state index in [9.17, 15) is 14.7 Å². The van der Waals surface area contributed by atoms with E-state index in [1.165, 1.54) is 0 Å². The van der Waals surface area contributed by atoms with E-state index in [4.69, 9.17) is 4.74 Å². The Balaban J connectivity index is 1.59. The highest BCUT2D eigenvalue weighted by Gasteiger charge is 2.38. The van der Waals surface area contributed by atoms with Crippen LogP contribution < -0.4 is 0 Å². The van der Waals surface area contributed by atoms with Gasteiger partial charge in [-0.15, -0.1) is 0 Å². The first-order valence-electron chi connectivity index (χ1n) is 8.06. The lowest BCUT2D eigenvalue weighted by Gasteiger charge is -2.44. The van der Waals surface area contributed by atoms with Gasteiger partial charge in [-0.3, -0.25) is 9.69 Å². The number of benzene rings is 1. The van der Waals surface area contributed by atoms with Gasteiger partial charge in [-0.25, -0.2) is 4.79 Å². The number of hydrogen-bond donors (Lipinski definition) is 1. The topological polar surface area (TPSA) is 70.1 Å². The van der Waals surface area contributed by atoms with E-state index in [1.807, 2.05) is 30.3 Å². The lowest BCUT2D eigenvalue weighted by Crippen LogP contribution is -2.57. The number of likely N-dealkylation sites (tertiary alicyclic amines) is 2. The van der Waals surface area contributed by atoms with Crippen molar-refractivity contribution < 1.29 is 19.4 Å². The van der Waals surface area contributed by atoms with Crippen molar-refractivity contribution in [2.24, 2.45) is 5.92 Å². The molecule has 1 amide bonds. The van der Waals surface area contributed by atoms with Gasteiger partial charge < -0.3 is 14.7 Å². The van der Waals surface area contributed by atoms with Crippen molar-refractivity contribution in [2.75, 3.05) is 26.2 Å². The van der Waals surface area contributed by atoms with Gasteiger partial charge in [0.15, 0.2) is 0 Å². The summed E-state index contributed by atoms with van der Waals surface area (Å²) in [5.41, 5.74) is 0.923. The fraction of sp³-hybridized carbons (Fsp3) is 0.529. The lowest BCUT2D eigenvalue weighted by atomic mass is 9.92. The summed E-state index contributed by atoms with van der Waals surface area (Å²) >= 11 is 0. The van der Waals surface area contributed by atoms with Gasteiger partial charge >= 0.3 is 12.1 Å². The molecule has 2 aliphatic rings. The zero-order chi connectivity index (χ0) is 16.2. The molecule has 1 aromatic carbocycles. The summed E-state index contributed by atoms with van der Waals surface area (Å²) in [6, 6.07) is 9.61. The summed E-state index contributed by atoms with van der Waals surface area (Å²) in [4.78, 5) is 27.5. The Morgan fingerprint density at radius 3 is 2.52 bits per heavy atom. The van der Waals surface area contributed by atoms with Gasteiger partial charge in [0.1, 0.15) is 6.61 Å². The van der Waals surface area contributed by atoms with Crippen molar-refractivity contribution in [3.05, 3.63) is 35.9 Å². The molecule has 1 aromatic rings. The Morgan fingerprint density at radius 2 is 1.91 bits per heavy atom. The molecule has 2 heterocycles. The van der Waals surface area contributed by atoms with Crippen LogP contribution in [0.25, 0.3) is 0 Å². The average molecular weight is 318 g/mol. The van der Waals surface area contributed by atoms with Crippen LogP contribution in [-0.2, 0) is 16.1 Å². The van der Waals surface area contributed by atoms with E-state index in [0.717, 1.165) is 25.1 Å². The zero-order valence-corrected chi connectivity index (χ0v) is 13.1. The second kappa shape index (κ2) is 7.00. The van der Waals surface area contributed by atoms with Crippen molar-refractivity contribution in [3.63, 3.8) is 0 Å². The molecule has 0 bridgehead atoms. The summed E-state index contributed by atoms with van der Waals surface area (Å²) in [5, 5.41) is 9.34. The number of carbonyl (C=O) groups is 2. The highest BCUT2D eigenvalue weighted by atomic mass is 16.6. The Morgan fingerprint density at radius 1 is 1.17 bits per heavy atom. The van der Waals surface area contributed by atoms with Crippen LogP contribution >= 0.6 is 0 Å². The SMILES string of the molecule is O=C(O)[C@H]1C[C@H](N2CCC2)CN(C(=O)OCc2ccccc2)C1. The third kappa shape index (κ3) is 3.82. The second-order valence-corrected chi connectivity index (χ2v) is 6.26. The number of carboxylic acids is 1. The van der Waals surface area contributed by atoms with Gasteiger partial charge in [0.2, 0.25) is 0 Å². The predicted molar refractivity (Wildman–Crippen MR) is 83.9 cm³/mol. The molecular formula is C17H22N2O4. The van der Waals surface area contributed by atoms with Crippen LogP contribution in [0.15, 0.2) is 30.3 Å². The van der Waals surface area contributed by atoms with E-state index in [2.05, 4.69) is 4.90 Å². The molecule has 6 nitrogen and oxygen atoms in total. The molecule has 0 spiro atoms. The van der Waals surface area contributed by atoms with Gasteiger partial charge in [-0.2, -0.15) is 0 Å². The molecule has 0 unspecified atom stereocenters. The first-order chi connectivity index (χ1) is 11.1. The van der Waals surface area contributed by atoms with Crippen LogP contribution in [-0.4, -0.2) is 59.2 Å². The molecule has 2 atom stereocenters. The number of aliphatic carboxylic acids is 1. The number of nitrogens with zero attached hydrogens (tertiary/aromatic N) is 2. The predicted octanol–water partition coefficient (Wildman–Crippen LogP) is 1.80. The van der Waals surface area contributed by atoms with Crippen LogP contribution in [0, 0.1) is 5.92 Å². The Hall–Kier alpha value is -2.08. The summed E-state index contributed by atoms with van der Waals surface area (Å²) in [7, 11) is 0. The minimum atomic E-state index is -0.837. The van der Waals surface area contributed by atoms with Crippen LogP contribution in [0.5, 0.6) is 0 Å². The van der Waals surface area contributed by atoms with Gasteiger partial charge in [0.05, 0.1) is 5.92 Å². The molecule has 3 rings (SSSR count). The molecule has 6 heteroatoms. The third-order valence-corrected chi connectivity index (χ3v) is 4.65. The summed E-state index contributed by atoms with van der Waals surface area (Å²) in [6.07, 6.45) is 1.33. The van der Waals surface area contributed by atoms with E-state index in [-0.39, 0.29) is 19.2 Å². The van der Waals surface area contributed by atoms with Crippen molar-refractivity contribution in [1.82, 2.24) is 9.80 Å². The molecule has 23 heavy (non-hydrogen) atoms. The second-order valence-electron chi connectivity index (χ2n) is 6.26. The van der Waals surface area contributed by atoms with Gasteiger partial charge in [-0.05, 0) is 31.5 Å². The first-order valence-corrected chi connectivity index (χ1v) is 8.06. The molecule has 2 saturated heterocycles. The summed E-state index contributed by atoms with van der Waals surface area (Å²) in [6.45, 7) is 2.97. The highest BCUT2D eigenvalue weighted by Crippen LogP contribution is 2.25. The number of carbonyl (C=O) groups excluding carboxylic acids is 1. The number of rotatable bonds is 4. The zero-order valence-electron chi connectivity index (χ0n) is 13.1. The Bertz CT molecular complexity index is 559. The van der Waals surface area contributed by atoms with E-state index in [0.29, 0.717) is 13.0 Å². The number of ether oxygens (including phenoxy) is 1. The fourth-order valence-corrected chi connectivity index (χ4v) is 3.18. The smallest absolute Gasteiger partial charge is 0.410 e. The lowest BCUT2D eigenvalue weighted by molar-refractivity contribution is -0.144.